The number of hydrogen-bond donors (Lipinski definition) is 1. The molecule has 2 unspecified atom stereocenters. The predicted molar refractivity (Wildman–Crippen MR) is 123 cm³/mol. The Hall–Kier alpha value is -3.72. The minimum Gasteiger partial charge on any atom is -0.463 e. The van der Waals surface area contributed by atoms with E-state index in [0.717, 1.165) is 15.3 Å². The number of furan rings is 1. The van der Waals surface area contributed by atoms with Crippen LogP contribution in [0.15, 0.2) is 69.7 Å². The van der Waals surface area contributed by atoms with Gasteiger partial charge in [-0.2, -0.15) is 5.10 Å². The summed E-state index contributed by atoms with van der Waals surface area (Å²) in [4.78, 5) is 41.2. The van der Waals surface area contributed by atoms with Gasteiger partial charge in [-0.3, -0.25) is 14.5 Å². The molecule has 0 bridgehead atoms. The number of carbonyl (C=O) groups excluding carboxylic acids is 3. The molecule has 0 aliphatic carbocycles. The van der Waals surface area contributed by atoms with Crippen molar-refractivity contribution < 1.29 is 18.8 Å². The molecule has 168 valence electrons. The average Bonchev–Trinajstić information content (AvgIpc) is 3.58. The highest BCUT2D eigenvalue weighted by Crippen LogP contribution is 2.36. The molecule has 2 atom stereocenters. The van der Waals surface area contributed by atoms with Crippen LogP contribution in [0.5, 0.6) is 0 Å². The minimum absolute atomic E-state index is 0.318. The van der Waals surface area contributed by atoms with Crippen LogP contribution in [0.4, 0.5) is 4.79 Å². The molecule has 0 spiro atoms. The Morgan fingerprint density at radius 2 is 2.00 bits per heavy atom. The van der Waals surface area contributed by atoms with Gasteiger partial charge in [0.15, 0.2) is 0 Å². The normalized spacial score (nSPS) is 22.6. The maximum absolute atomic E-state index is 13.3. The van der Waals surface area contributed by atoms with E-state index in [9.17, 15) is 14.4 Å². The Bertz CT molecular complexity index is 1230. The fourth-order valence-electron chi connectivity index (χ4n) is 4.17. The van der Waals surface area contributed by atoms with Gasteiger partial charge in [0.25, 0.3) is 11.8 Å². The van der Waals surface area contributed by atoms with Crippen molar-refractivity contribution in [3.63, 3.8) is 0 Å². The summed E-state index contributed by atoms with van der Waals surface area (Å²) in [7, 11) is 0. The number of carbonyl (C=O) groups is 3. The number of hydrazone groups is 1. The van der Waals surface area contributed by atoms with Crippen molar-refractivity contribution in [2.45, 2.75) is 31.8 Å². The highest BCUT2D eigenvalue weighted by molar-refractivity contribution is 7.10. The molecule has 0 saturated carbocycles. The van der Waals surface area contributed by atoms with Gasteiger partial charge in [0.05, 0.1) is 12.3 Å². The molecule has 2 aliphatic heterocycles. The van der Waals surface area contributed by atoms with Crippen LogP contribution in [0.25, 0.3) is 0 Å². The maximum Gasteiger partial charge on any atom is 0.325 e. The van der Waals surface area contributed by atoms with E-state index in [4.69, 9.17) is 4.42 Å². The molecule has 5 rings (SSSR count). The summed E-state index contributed by atoms with van der Waals surface area (Å²) in [6, 6.07) is 13.9. The van der Waals surface area contributed by atoms with E-state index in [1.54, 1.807) is 25.3 Å². The Morgan fingerprint density at radius 3 is 2.67 bits per heavy atom. The van der Waals surface area contributed by atoms with E-state index in [0.29, 0.717) is 23.5 Å². The molecule has 1 fully saturated rings. The van der Waals surface area contributed by atoms with Gasteiger partial charge in [0.2, 0.25) is 0 Å². The average molecular weight is 463 g/mol. The van der Waals surface area contributed by atoms with Crippen LogP contribution < -0.4 is 5.32 Å². The lowest BCUT2D eigenvalue weighted by Gasteiger charge is -2.24. The first-order valence-corrected chi connectivity index (χ1v) is 11.4. The lowest BCUT2D eigenvalue weighted by atomic mass is 9.91. The zero-order valence-corrected chi connectivity index (χ0v) is 19.0. The van der Waals surface area contributed by atoms with E-state index < -0.39 is 29.9 Å². The number of hydrogen-bond acceptors (Lipinski definition) is 6. The highest BCUT2D eigenvalue weighted by atomic mass is 32.1. The van der Waals surface area contributed by atoms with Crippen LogP contribution in [0.3, 0.4) is 0 Å². The Labute approximate surface area is 194 Å². The number of nitrogens with zero attached hydrogens (tertiary/aromatic N) is 3. The summed E-state index contributed by atoms with van der Waals surface area (Å²) in [5.74, 6) is -0.313. The fourth-order valence-corrected chi connectivity index (χ4v) is 4.98. The molecule has 0 radical (unpaired) electrons. The Kier molecular flexibility index (Phi) is 5.13. The second kappa shape index (κ2) is 8.00. The highest BCUT2D eigenvalue weighted by Gasteiger charge is 2.50. The molecule has 33 heavy (non-hydrogen) atoms. The lowest BCUT2D eigenvalue weighted by molar-refractivity contribution is -0.139. The van der Waals surface area contributed by atoms with Crippen LogP contribution in [0, 0.1) is 6.92 Å². The summed E-state index contributed by atoms with van der Waals surface area (Å²) >= 11 is 1.52. The molecule has 8 nitrogen and oxygen atoms in total. The number of urea groups is 1. The Morgan fingerprint density at radius 1 is 1.21 bits per heavy atom. The van der Waals surface area contributed by atoms with Crippen LogP contribution in [-0.4, -0.2) is 40.0 Å². The largest absolute Gasteiger partial charge is 0.463 e. The first-order valence-electron chi connectivity index (χ1n) is 10.5. The molecule has 4 amide bonds. The Balaban J connectivity index is 1.40. The predicted octanol–water partition coefficient (Wildman–Crippen LogP) is 3.79. The maximum atomic E-state index is 13.3. The lowest BCUT2D eigenvalue weighted by Crippen LogP contribution is -2.43. The number of aryl methyl sites for hydroxylation is 1. The number of amides is 4. The van der Waals surface area contributed by atoms with Crippen molar-refractivity contribution >= 4 is 34.9 Å². The zero-order valence-electron chi connectivity index (χ0n) is 18.1. The van der Waals surface area contributed by atoms with Crippen molar-refractivity contribution in [1.29, 1.82) is 0 Å². The molecule has 1 aromatic carbocycles. The second-order valence-corrected chi connectivity index (χ2v) is 9.29. The van der Waals surface area contributed by atoms with Gasteiger partial charge in [0.1, 0.15) is 23.6 Å². The van der Waals surface area contributed by atoms with Crippen molar-refractivity contribution in [1.82, 2.24) is 15.2 Å². The minimum atomic E-state index is -1.23. The van der Waals surface area contributed by atoms with Gasteiger partial charge in [0, 0.05) is 11.3 Å². The second-order valence-electron chi connectivity index (χ2n) is 8.31. The molecule has 1 N–H and O–H groups in total. The van der Waals surface area contributed by atoms with Gasteiger partial charge in [-0.05, 0) is 43.0 Å². The number of thiophene rings is 1. The standard InChI is InChI=1S/C24H22N4O4S/c1-15-7-9-16(10-8-15)24(2)22(30)27(23(31)25-24)14-21(29)28-18(20-6-4-12-33-20)13-17(26-28)19-5-3-11-32-19/h3-12,18H,13-14H2,1-2H3,(H,25,31). The van der Waals surface area contributed by atoms with Crippen LogP contribution in [-0.2, 0) is 15.1 Å². The summed E-state index contributed by atoms with van der Waals surface area (Å²) in [5, 5.41) is 10.6. The summed E-state index contributed by atoms with van der Waals surface area (Å²) in [6.45, 7) is 3.20. The van der Waals surface area contributed by atoms with E-state index >= 15 is 0 Å². The van der Waals surface area contributed by atoms with Crippen molar-refractivity contribution in [2.24, 2.45) is 5.10 Å². The molecule has 2 aliphatic rings. The SMILES string of the molecule is Cc1ccc(C2(C)NC(=O)N(CC(=O)N3N=C(c4ccco4)CC3c3cccs3)C2=O)cc1. The topological polar surface area (TPSA) is 95.2 Å². The van der Waals surface area contributed by atoms with Crippen LogP contribution in [0.1, 0.15) is 41.2 Å². The van der Waals surface area contributed by atoms with Crippen molar-refractivity contribution in [3.8, 4) is 0 Å². The van der Waals surface area contributed by atoms with E-state index in [-0.39, 0.29) is 6.04 Å². The zero-order chi connectivity index (χ0) is 23.2. The van der Waals surface area contributed by atoms with Crippen molar-refractivity contribution in [3.05, 3.63) is 81.9 Å². The first kappa shape index (κ1) is 21.1. The van der Waals surface area contributed by atoms with E-state index in [1.807, 2.05) is 48.7 Å². The smallest absolute Gasteiger partial charge is 0.325 e. The molecule has 4 heterocycles. The first-order chi connectivity index (χ1) is 15.9. The van der Waals surface area contributed by atoms with E-state index in [2.05, 4.69) is 10.4 Å². The molecular formula is C24H22N4O4S. The molecular weight excluding hydrogens is 440 g/mol. The summed E-state index contributed by atoms with van der Waals surface area (Å²) in [5.41, 5.74) is 1.13. The monoisotopic (exact) mass is 462 g/mol. The number of benzene rings is 1. The molecule has 2 aromatic heterocycles. The van der Waals surface area contributed by atoms with Gasteiger partial charge in [-0.1, -0.05) is 35.9 Å². The van der Waals surface area contributed by atoms with Crippen molar-refractivity contribution in [2.75, 3.05) is 6.54 Å². The molecule has 9 heteroatoms. The molecule has 3 aromatic rings. The number of nitrogens with one attached hydrogen (secondary N) is 1. The van der Waals surface area contributed by atoms with Gasteiger partial charge < -0.3 is 9.73 Å². The molecule has 1 saturated heterocycles. The third-order valence-corrected chi connectivity index (χ3v) is 7.01. The van der Waals surface area contributed by atoms with Crippen LogP contribution in [0.2, 0.25) is 0 Å². The third-order valence-electron chi connectivity index (χ3n) is 6.04. The summed E-state index contributed by atoms with van der Waals surface area (Å²) < 4.78 is 5.47. The quantitative estimate of drug-likeness (QED) is 0.584. The third kappa shape index (κ3) is 3.64. The fraction of sp³-hybridized carbons (Fsp3) is 0.250. The number of imide groups is 1. The van der Waals surface area contributed by atoms with Gasteiger partial charge >= 0.3 is 6.03 Å². The van der Waals surface area contributed by atoms with Gasteiger partial charge in [-0.15, -0.1) is 11.3 Å². The van der Waals surface area contributed by atoms with Gasteiger partial charge in [-0.25, -0.2) is 9.80 Å². The van der Waals surface area contributed by atoms with E-state index in [1.165, 1.54) is 16.3 Å². The summed E-state index contributed by atoms with van der Waals surface area (Å²) in [6.07, 6.45) is 2.04. The van der Waals surface area contributed by atoms with Crippen LogP contribution >= 0.6 is 11.3 Å². The number of rotatable bonds is 5.